The number of hydrogen-bond donors (Lipinski definition) is 1. The second-order valence-electron chi connectivity index (χ2n) is 3.13. The zero-order chi connectivity index (χ0) is 8.27. The van der Waals surface area contributed by atoms with E-state index in [0.717, 1.165) is 19.3 Å². The quantitative estimate of drug-likeness (QED) is 0.650. The molecular weight excluding hydrogens is 142 g/mol. The maximum Gasteiger partial charge on any atom is 0.157 e. The van der Waals surface area contributed by atoms with Gasteiger partial charge in [-0.3, -0.25) is 0 Å². The van der Waals surface area contributed by atoms with Crippen molar-refractivity contribution in [2.24, 2.45) is 5.73 Å². The summed E-state index contributed by atoms with van der Waals surface area (Å²) < 4.78 is 10.6. The minimum absolute atomic E-state index is 0.0280. The van der Waals surface area contributed by atoms with Crippen molar-refractivity contribution in [3.05, 3.63) is 0 Å². The Balaban J connectivity index is 2.33. The lowest BCUT2D eigenvalue weighted by atomic mass is 10.0. The summed E-state index contributed by atoms with van der Waals surface area (Å²) in [7, 11) is 1.67. The maximum atomic E-state index is 5.70. The second kappa shape index (κ2) is 4.04. The summed E-state index contributed by atoms with van der Waals surface area (Å²) in [4.78, 5) is 0. The first-order valence-corrected chi connectivity index (χ1v) is 4.18. The van der Waals surface area contributed by atoms with Crippen LogP contribution >= 0.6 is 0 Å². The Labute approximate surface area is 67.9 Å². The van der Waals surface area contributed by atoms with Gasteiger partial charge in [-0.05, 0) is 26.2 Å². The minimum Gasteiger partial charge on any atom is -0.356 e. The molecule has 66 valence electrons. The molecule has 0 saturated carbocycles. The fourth-order valence-corrected chi connectivity index (χ4v) is 1.38. The fraction of sp³-hybridized carbons (Fsp3) is 1.00. The van der Waals surface area contributed by atoms with Gasteiger partial charge in [-0.25, -0.2) is 0 Å². The molecule has 1 fully saturated rings. The third-order valence-corrected chi connectivity index (χ3v) is 2.10. The molecule has 3 atom stereocenters. The number of nitrogens with two attached hydrogens (primary N) is 1. The molecule has 1 saturated heterocycles. The van der Waals surface area contributed by atoms with E-state index in [0.29, 0.717) is 0 Å². The molecule has 1 rings (SSSR count). The first-order chi connectivity index (χ1) is 5.24. The number of ether oxygens (including phenoxy) is 2. The molecule has 0 aliphatic carbocycles. The predicted octanol–water partition coefficient (Wildman–Crippen LogP) is 0.875. The van der Waals surface area contributed by atoms with Gasteiger partial charge in [-0.1, -0.05) is 0 Å². The SMILES string of the molecule is CO[C@@H]1CCC[C@@H]([C@H](C)N)O1. The molecule has 0 amide bonds. The molecule has 3 heteroatoms. The van der Waals surface area contributed by atoms with E-state index in [4.69, 9.17) is 15.2 Å². The van der Waals surface area contributed by atoms with E-state index < -0.39 is 0 Å². The monoisotopic (exact) mass is 159 g/mol. The molecular formula is C8H17NO2. The summed E-state index contributed by atoms with van der Waals surface area (Å²) >= 11 is 0. The van der Waals surface area contributed by atoms with Crippen LogP contribution < -0.4 is 5.73 Å². The van der Waals surface area contributed by atoms with Gasteiger partial charge in [0.15, 0.2) is 6.29 Å². The number of rotatable bonds is 2. The average molecular weight is 159 g/mol. The fourth-order valence-electron chi connectivity index (χ4n) is 1.38. The van der Waals surface area contributed by atoms with E-state index in [1.165, 1.54) is 0 Å². The number of methoxy groups -OCH3 is 1. The Morgan fingerprint density at radius 1 is 1.55 bits per heavy atom. The van der Waals surface area contributed by atoms with E-state index in [9.17, 15) is 0 Å². The van der Waals surface area contributed by atoms with Crippen LogP contribution in [0.1, 0.15) is 26.2 Å². The molecule has 11 heavy (non-hydrogen) atoms. The zero-order valence-electron chi connectivity index (χ0n) is 7.25. The van der Waals surface area contributed by atoms with Gasteiger partial charge in [0.25, 0.3) is 0 Å². The molecule has 0 unspecified atom stereocenters. The van der Waals surface area contributed by atoms with Crippen LogP contribution in [0.25, 0.3) is 0 Å². The van der Waals surface area contributed by atoms with Crippen LogP contribution in [0.4, 0.5) is 0 Å². The molecule has 0 aromatic rings. The Kier molecular flexibility index (Phi) is 3.30. The van der Waals surface area contributed by atoms with E-state index in [-0.39, 0.29) is 18.4 Å². The molecule has 2 N–H and O–H groups in total. The molecule has 1 heterocycles. The normalized spacial score (nSPS) is 35.2. The molecule has 1 aliphatic heterocycles. The highest BCUT2D eigenvalue weighted by molar-refractivity contribution is 4.73. The highest BCUT2D eigenvalue weighted by atomic mass is 16.7. The second-order valence-corrected chi connectivity index (χ2v) is 3.13. The van der Waals surface area contributed by atoms with Crippen LogP contribution in [-0.4, -0.2) is 25.5 Å². The Morgan fingerprint density at radius 3 is 2.82 bits per heavy atom. The van der Waals surface area contributed by atoms with Gasteiger partial charge in [0.2, 0.25) is 0 Å². The molecule has 3 nitrogen and oxygen atoms in total. The van der Waals surface area contributed by atoms with Crippen LogP contribution in [0, 0.1) is 0 Å². The van der Waals surface area contributed by atoms with Gasteiger partial charge in [0.1, 0.15) is 0 Å². The molecule has 0 aromatic carbocycles. The molecule has 0 aromatic heterocycles. The number of hydrogen-bond acceptors (Lipinski definition) is 3. The van der Waals surface area contributed by atoms with Crippen LogP contribution in [0.2, 0.25) is 0 Å². The van der Waals surface area contributed by atoms with Gasteiger partial charge in [0.05, 0.1) is 6.10 Å². The van der Waals surface area contributed by atoms with Crippen LogP contribution in [0.5, 0.6) is 0 Å². The summed E-state index contributed by atoms with van der Waals surface area (Å²) in [5.74, 6) is 0. The van der Waals surface area contributed by atoms with Crippen LogP contribution in [0.15, 0.2) is 0 Å². The zero-order valence-corrected chi connectivity index (χ0v) is 7.25. The van der Waals surface area contributed by atoms with Crippen molar-refractivity contribution in [2.45, 2.75) is 44.6 Å². The van der Waals surface area contributed by atoms with E-state index in [1.54, 1.807) is 7.11 Å². The van der Waals surface area contributed by atoms with Crippen molar-refractivity contribution < 1.29 is 9.47 Å². The van der Waals surface area contributed by atoms with Crippen molar-refractivity contribution in [3.8, 4) is 0 Å². The van der Waals surface area contributed by atoms with Gasteiger partial charge in [0, 0.05) is 13.2 Å². The highest BCUT2D eigenvalue weighted by Crippen LogP contribution is 2.20. The van der Waals surface area contributed by atoms with E-state index >= 15 is 0 Å². The molecule has 0 radical (unpaired) electrons. The minimum atomic E-state index is -0.0280. The lowest BCUT2D eigenvalue weighted by molar-refractivity contribution is -0.183. The summed E-state index contributed by atoms with van der Waals surface area (Å²) in [5.41, 5.74) is 5.70. The highest BCUT2D eigenvalue weighted by Gasteiger charge is 2.24. The van der Waals surface area contributed by atoms with E-state index in [1.807, 2.05) is 6.92 Å². The predicted molar refractivity (Wildman–Crippen MR) is 43.2 cm³/mol. The topological polar surface area (TPSA) is 44.5 Å². The molecule has 0 bridgehead atoms. The van der Waals surface area contributed by atoms with Gasteiger partial charge in [-0.2, -0.15) is 0 Å². The smallest absolute Gasteiger partial charge is 0.157 e. The molecule has 0 spiro atoms. The summed E-state index contributed by atoms with van der Waals surface area (Å²) in [5, 5.41) is 0. The van der Waals surface area contributed by atoms with Crippen LogP contribution in [0.3, 0.4) is 0 Å². The van der Waals surface area contributed by atoms with Crippen molar-refractivity contribution in [1.29, 1.82) is 0 Å². The van der Waals surface area contributed by atoms with Crippen molar-refractivity contribution in [3.63, 3.8) is 0 Å². The first kappa shape index (κ1) is 8.97. The van der Waals surface area contributed by atoms with Crippen molar-refractivity contribution in [1.82, 2.24) is 0 Å². The third kappa shape index (κ3) is 2.43. The third-order valence-electron chi connectivity index (χ3n) is 2.10. The van der Waals surface area contributed by atoms with E-state index in [2.05, 4.69) is 0 Å². The standard InChI is InChI=1S/C8H17NO2/c1-6(9)7-4-3-5-8(10-2)11-7/h6-8H,3-5,9H2,1-2H3/t6-,7-,8-/m0/s1. The van der Waals surface area contributed by atoms with Gasteiger partial charge < -0.3 is 15.2 Å². The average Bonchev–Trinajstić information content (AvgIpc) is 2.05. The lowest BCUT2D eigenvalue weighted by Crippen LogP contribution is -2.40. The lowest BCUT2D eigenvalue weighted by Gasteiger charge is -2.31. The van der Waals surface area contributed by atoms with Crippen molar-refractivity contribution >= 4 is 0 Å². The first-order valence-electron chi connectivity index (χ1n) is 4.18. The Morgan fingerprint density at radius 2 is 2.27 bits per heavy atom. The van der Waals surface area contributed by atoms with Gasteiger partial charge in [-0.15, -0.1) is 0 Å². The van der Waals surface area contributed by atoms with Gasteiger partial charge >= 0.3 is 0 Å². The van der Waals surface area contributed by atoms with Crippen LogP contribution in [-0.2, 0) is 9.47 Å². The Bertz CT molecular complexity index is 117. The largest absolute Gasteiger partial charge is 0.356 e. The summed E-state index contributed by atoms with van der Waals surface area (Å²) in [6.07, 6.45) is 3.38. The molecule has 1 aliphatic rings. The van der Waals surface area contributed by atoms with Crippen molar-refractivity contribution in [2.75, 3.05) is 7.11 Å². The Hall–Kier alpha value is -0.120. The summed E-state index contributed by atoms with van der Waals surface area (Å²) in [6.45, 7) is 1.97. The maximum absolute atomic E-state index is 5.70. The summed E-state index contributed by atoms with van der Waals surface area (Å²) in [6, 6.07) is 0.118.